The molecule has 2 aromatic rings. The average Bonchev–Trinajstić information content (AvgIpc) is 2.81. The van der Waals surface area contributed by atoms with Gasteiger partial charge in [-0.2, -0.15) is 0 Å². The van der Waals surface area contributed by atoms with Gasteiger partial charge in [-0.25, -0.2) is 0 Å². The molecule has 1 unspecified atom stereocenters. The molecule has 10 nitrogen and oxygen atoms in total. The van der Waals surface area contributed by atoms with E-state index in [2.05, 4.69) is 16.2 Å². The minimum atomic E-state index is -0.866. The number of rotatable bonds is 10. The van der Waals surface area contributed by atoms with E-state index >= 15 is 0 Å². The van der Waals surface area contributed by atoms with Crippen molar-refractivity contribution in [3.05, 3.63) is 48.0 Å². The van der Waals surface area contributed by atoms with Crippen LogP contribution in [-0.4, -0.2) is 51.2 Å². The lowest BCUT2D eigenvalue weighted by atomic mass is 10.2. The normalized spacial score (nSPS) is 11.0. The monoisotopic (exact) mass is 445 g/mol. The minimum Gasteiger partial charge on any atom is -0.494 e. The Morgan fingerprint density at radius 3 is 2.19 bits per heavy atom. The summed E-state index contributed by atoms with van der Waals surface area (Å²) in [5.74, 6) is 0.381. The number of hydrogen-bond donors (Lipinski definition) is 3. The Hall–Kier alpha value is -3.95. The summed E-state index contributed by atoms with van der Waals surface area (Å²) in [4.78, 5) is 36.3. The van der Waals surface area contributed by atoms with Crippen LogP contribution in [0.25, 0.3) is 0 Å². The number of methoxy groups -OCH3 is 2. The third kappa shape index (κ3) is 7.08. The Morgan fingerprint density at radius 2 is 1.56 bits per heavy atom. The van der Waals surface area contributed by atoms with Gasteiger partial charge in [0, 0.05) is 5.56 Å². The van der Waals surface area contributed by atoms with Gasteiger partial charge in [0.2, 0.25) is 0 Å². The largest absolute Gasteiger partial charge is 0.494 e. The summed E-state index contributed by atoms with van der Waals surface area (Å²) in [6.07, 6.45) is -0.866. The number of ether oxygens (including phenoxy) is 4. The predicted molar refractivity (Wildman–Crippen MR) is 116 cm³/mol. The molecule has 3 amide bonds. The van der Waals surface area contributed by atoms with Crippen LogP contribution in [0.15, 0.2) is 42.5 Å². The van der Waals surface area contributed by atoms with E-state index < -0.39 is 23.8 Å². The maximum atomic E-state index is 12.2. The van der Waals surface area contributed by atoms with Crippen molar-refractivity contribution in [2.45, 2.75) is 20.0 Å². The highest BCUT2D eigenvalue weighted by Gasteiger charge is 2.16. The topological polar surface area (TPSA) is 124 Å². The molecular weight excluding hydrogens is 418 g/mol. The second-order valence-corrected chi connectivity index (χ2v) is 6.45. The molecule has 172 valence electrons. The molecule has 3 N–H and O–H groups in total. The van der Waals surface area contributed by atoms with E-state index in [0.29, 0.717) is 29.6 Å². The van der Waals surface area contributed by atoms with Crippen molar-refractivity contribution in [2.75, 3.05) is 27.4 Å². The molecule has 0 radical (unpaired) electrons. The Balaban J connectivity index is 1.77. The Labute approximate surface area is 186 Å². The summed E-state index contributed by atoms with van der Waals surface area (Å²) in [5, 5.41) is 2.45. The average molecular weight is 445 g/mol. The Bertz CT molecular complexity index is 932. The SMILES string of the molecule is CCOc1ccc(OC(C)C(=O)NNC(=O)CNC(=O)c2ccc(OC)c(OC)c2)cc1. The summed E-state index contributed by atoms with van der Waals surface area (Å²) >= 11 is 0. The molecular formula is C22H27N3O7. The zero-order valence-corrected chi connectivity index (χ0v) is 18.4. The Morgan fingerprint density at radius 1 is 0.906 bits per heavy atom. The zero-order chi connectivity index (χ0) is 23.5. The van der Waals surface area contributed by atoms with Gasteiger partial charge in [-0.15, -0.1) is 0 Å². The lowest BCUT2D eigenvalue weighted by molar-refractivity contribution is -0.132. The van der Waals surface area contributed by atoms with Crippen LogP contribution in [0.1, 0.15) is 24.2 Å². The highest BCUT2D eigenvalue weighted by molar-refractivity contribution is 5.97. The maximum Gasteiger partial charge on any atom is 0.279 e. The number of amides is 3. The lowest BCUT2D eigenvalue weighted by Gasteiger charge is -2.15. The van der Waals surface area contributed by atoms with Crippen molar-refractivity contribution in [3.8, 4) is 23.0 Å². The fourth-order valence-corrected chi connectivity index (χ4v) is 2.56. The molecule has 0 bridgehead atoms. The molecule has 0 spiro atoms. The molecule has 0 aliphatic heterocycles. The number of benzene rings is 2. The van der Waals surface area contributed by atoms with E-state index in [-0.39, 0.29) is 12.1 Å². The van der Waals surface area contributed by atoms with E-state index in [4.69, 9.17) is 18.9 Å². The smallest absolute Gasteiger partial charge is 0.279 e. The van der Waals surface area contributed by atoms with Gasteiger partial charge in [-0.05, 0) is 56.3 Å². The molecule has 0 saturated heterocycles. The summed E-state index contributed by atoms with van der Waals surface area (Å²) in [6.45, 7) is 3.62. The van der Waals surface area contributed by atoms with Gasteiger partial charge < -0.3 is 24.3 Å². The molecule has 0 heterocycles. The van der Waals surface area contributed by atoms with Crippen LogP contribution in [0.5, 0.6) is 23.0 Å². The van der Waals surface area contributed by atoms with Crippen LogP contribution in [-0.2, 0) is 9.59 Å². The number of carbonyl (C=O) groups excluding carboxylic acids is 3. The van der Waals surface area contributed by atoms with Crippen molar-refractivity contribution in [2.24, 2.45) is 0 Å². The molecule has 0 saturated carbocycles. The van der Waals surface area contributed by atoms with Gasteiger partial charge in [0.15, 0.2) is 17.6 Å². The van der Waals surface area contributed by atoms with E-state index in [1.165, 1.54) is 33.3 Å². The molecule has 1 atom stereocenters. The molecule has 0 aliphatic carbocycles. The van der Waals surface area contributed by atoms with E-state index in [1.807, 2.05) is 6.92 Å². The molecule has 10 heteroatoms. The van der Waals surface area contributed by atoms with Crippen LogP contribution < -0.4 is 35.1 Å². The molecule has 0 aromatic heterocycles. The first kappa shape index (κ1) is 24.3. The van der Waals surface area contributed by atoms with Gasteiger partial charge in [0.1, 0.15) is 11.5 Å². The number of carbonyl (C=O) groups is 3. The van der Waals surface area contributed by atoms with Gasteiger partial charge in [-0.1, -0.05) is 0 Å². The van der Waals surface area contributed by atoms with Crippen LogP contribution in [0.4, 0.5) is 0 Å². The standard InChI is InChI=1S/C22H27N3O7/c1-5-31-16-7-9-17(10-8-16)32-14(2)21(27)25-24-20(26)13-23-22(28)15-6-11-18(29-3)19(12-15)30-4/h6-12,14H,5,13H2,1-4H3,(H,23,28)(H,24,26)(H,25,27). The van der Waals surface area contributed by atoms with Crippen molar-refractivity contribution in [1.82, 2.24) is 16.2 Å². The maximum absolute atomic E-state index is 12.2. The molecule has 0 aliphatic rings. The summed E-state index contributed by atoms with van der Waals surface area (Å²) in [5.41, 5.74) is 4.77. The van der Waals surface area contributed by atoms with Crippen molar-refractivity contribution < 1.29 is 33.3 Å². The van der Waals surface area contributed by atoms with Crippen LogP contribution in [0, 0.1) is 0 Å². The van der Waals surface area contributed by atoms with E-state index in [0.717, 1.165) is 0 Å². The first-order valence-electron chi connectivity index (χ1n) is 9.86. The third-order valence-electron chi connectivity index (χ3n) is 4.20. The van der Waals surface area contributed by atoms with Crippen LogP contribution in [0.2, 0.25) is 0 Å². The van der Waals surface area contributed by atoms with Gasteiger partial charge in [0.05, 0.1) is 27.4 Å². The predicted octanol–water partition coefficient (Wildman–Crippen LogP) is 1.45. The van der Waals surface area contributed by atoms with Gasteiger partial charge in [0.25, 0.3) is 17.7 Å². The fourth-order valence-electron chi connectivity index (χ4n) is 2.56. The quantitative estimate of drug-likeness (QED) is 0.473. The second-order valence-electron chi connectivity index (χ2n) is 6.45. The molecule has 2 aromatic carbocycles. The number of hydrogen-bond acceptors (Lipinski definition) is 7. The molecule has 0 fully saturated rings. The third-order valence-corrected chi connectivity index (χ3v) is 4.20. The fraction of sp³-hybridized carbons (Fsp3) is 0.318. The molecule has 2 rings (SSSR count). The summed E-state index contributed by atoms with van der Waals surface area (Å²) < 4.78 is 21.1. The van der Waals surface area contributed by atoms with Crippen molar-refractivity contribution in [3.63, 3.8) is 0 Å². The lowest BCUT2D eigenvalue weighted by Crippen LogP contribution is -2.50. The first-order valence-corrected chi connectivity index (χ1v) is 9.86. The summed E-state index contributed by atoms with van der Waals surface area (Å²) in [6, 6.07) is 11.4. The second kappa shape index (κ2) is 12.0. The first-order chi connectivity index (χ1) is 15.4. The zero-order valence-electron chi connectivity index (χ0n) is 18.4. The van der Waals surface area contributed by atoms with Crippen molar-refractivity contribution in [1.29, 1.82) is 0 Å². The van der Waals surface area contributed by atoms with E-state index in [9.17, 15) is 14.4 Å². The summed E-state index contributed by atoms with van der Waals surface area (Å²) in [7, 11) is 2.94. The highest BCUT2D eigenvalue weighted by Crippen LogP contribution is 2.27. The van der Waals surface area contributed by atoms with Crippen LogP contribution >= 0.6 is 0 Å². The van der Waals surface area contributed by atoms with Crippen LogP contribution in [0.3, 0.4) is 0 Å². The van der Waals surface area contributed by atoms with Crippen molar-refractivity contribution >= 4 is 17.7 Å². The van der Waals surface area contributed by atoms with Gasteiger partial charge in [-0.3, -0.25) is 25.2 Å². The molecule has 32 heavy (non-hydrogen) atoms. The van der Waals surface area contributed by atoms with E-state index in [1.54, 1.807) is 30.3 Å². The number of nitrogens with one attached hydrogen (secondary N) is 3. The Kier molecular flexibility index (Phi) is 9.15. The van der Waals surface area contributed by atoms with Gasteiger partial charge >= 0.3 is 0 Å². The minimum absolute atomic E-state index is 0.289. The highest BCUT2D eigenvalue weighted by atomic mass is 16.5. The number of hydrazine groups is 1.